The summed E-state index contributed by atoms with van der Waals surface area (Å²) in [5.41, 5.74) is 2.73. The number of piperazine rings is 1. The van der Waals surface area contributed by atoms with E-state index in [1.165, 1.54) is 0 Å². The van der Waals surface area contributed by atoms with Crippen LogP contribution in [-0.4, -0.2) is 72.6 Å². The molecule has 1 fully saturated rings. The fourth-order valence-electron chi connectivity index (χ4n) is 3.81. The average Bonchev–Trinajstić information content (AvgIpc) is 2.80. The molecule has 7 nitrogen and oxygen atoms in total. The van der Waals surface area contributed by atoms with E-state index >= 15 is 0 Å². The zero-order chi connectivity index (χ0) is 21.5. The Hall–Kier alpha value is -3.21. The molecule has 160 valence electrons. The maximum absolute atomic E-state index is 9.06. The molecular formula is C24H29N7. The van der Waals surface area contributed by atoms with Gasteiger partial charge in [-0.15, -0.1) is 0 Å². The standard InChI is InChI=1S/C24H29N7/c1-30-13-15-31(16-14-30)12-11-26-23-21-7-2-3-8-22(21)28-24(29-23)27-10-9-19-5-4-6-20(17-19)18-25/h2-8,17H,9-16H2,1H3,(H2,26,27,28,29). The number of hydrogen-bond donors (Lipinski definition) is 2. The average molecular weight is 416 g/mol. The number of rotatable bonds is 8. The molecule has 0 atom stereocenters. The number of nitrogens with one attached hydrogen (secondary N) is 2. The molecule has 0 saturated carbocycles. The fourth-order valence-corrected chi connectivity index (χ4v) is 3.81. The first-order valence-electron chi connectivity index (χ1n) is 10.9. The Kier molecular flexibility index (Phi) is 6.92. The highest BCUT2D eigenvalue weighted by molar-refractivity contribution is 5.90. The largest absolute Gasteiger partial charge is 0.368 e. The minimum absolute atomic E-state index is 0.622. The van der Waals surface area contributed by atoms with Crippen molar-refractivity contribution in [1.29, 1.82) is 5.26 Å². The Balaban J connectivity index is 1.39. The lowest BCUT2D eigenvalue weighted by Crippen LogP contribution is -2.45. The molecule has 2 N–H and O–H groups in total. The normalized spacial score (nSPS) is 15.0. The summed E-state index contributed by atoms with van der Waals surface area (Å²) >= 11 is 0. The van der Waals surface area contributed by atoms with E-state index in [-0.39, 0.29) is 0 Å². The van der Waals surface area contributed by atoms with E-state index in [0.29, 0.717) is 18.1 Å². The highest BCUT2D eigenvalue weighted by Gasteiger charge is 2.13. The molecule has 1 aromatic heterocycles. The molecule has 0 aliphatic carbocycles. The number of hydrogen-bond acceptors (Lipinski definition) is 7. The van der Waals surface area contributed by atoms with Crippen molar-refractivity contribution in [3.8, 4) is 6.07 Å². The summed E-state index contributed by atoms with van der Waals surface area (Å²) in [4.78, 5) is 14.3. The van der Waals surface area contributed by atoms with Gasteiger partial charge in [-0.2, -0.15) is 10.2 Å². The molecule has 31 heavy (non-hydrogen) atoms. The van der Waals surface area contributed by atoms with E-state index in [9.17, 15) is 0 Å². The fraction of sp³-hybridized carbons (Fsp3) is 0.375. The van der Waals surface area contributed by atoms with Crippen molar-refractivity contribution in [2.75, 3.05) is 63.5 Å². The summed E-state index contributed by atoms with van der Waals surface area (Å²) in [7, 11) is 2.18. The third kappa shape index (κ3) is 5.69. The second-order valence-electron chi connectivity index (χ2n) is 7.97. The maximum Gasteiger partial charge on any atom is 0.225 e. The highest BCUT2D eigenvalue weighted by atomic mass is 15.3. The summed E-state index contributed by atoms with van der Waals surface area (Å²) in [6, 6.07) is 18.0. The van der Waals surface area contributed by atoms with Crippen molar-refractivity contribution in [3.63, 3.8) is 0 Å². The van der Waals surface area contributed by atoms with E-state index in [4.69, 9.17) is 10.2 Å². The van der Waals surface area contributed by atoms with E-state index in [0.717, 1.165) is 68.0 Å². The second kappa shape index (κ2) is 10.2. The molecule has 1 aliphatic heterocycles. The lowest BCUT2D eigenvalue weighted by Gasteiger charge is -2.32. The number of fused-ring (bicyclic) bond motifs is 1. The lowest BCUT2D eigenvalue weighted by molar-refractivity contribution is 0.158. The van der Waals surface area contributed by atoms with Crippen molar-refractivity contribution in [1.82, 2.24) is 19.8 Å². The van der Waals surface area contributed by atoms with Crippen LogP contribution in [0.1, 0.15) is 11.1 Å². The van der Waals surface area contributed by atoms with Crippen LogP contribution in [0, 0.1) is 11.3 Å². The molecule has 1 saturated heterocycles. The smallest absolute Gasteiger partial charge is 0.225 e. The number of nitriles is 1. The summed E-state index contributed by atoms with van der Waals surface area (Å²) < 4.78 is 0. The Morgan fingerprint density at radius 1 is 0.968 bits per heavy atom. The third-order valence-corrected chi connectivity index (χ3v) is 5.67. The first-order valence-corrected chi connectivity index (χ1v) is 10.9. The molecule has 0 bridgehead atoms. The molecule has 7 heteroatoms. The Labute approximate surface area is 183 Å². The minimum Gasteiger partial charge on any atom is -0.368 e. The van der Waals surface area contributed by atoms with Crippen molar-refractivity contribution in [2.24, 2.45) is 0 Å². The Morgan fingerprint density at radius 3 is 2.65 bits per heavy atom. The topological polar surface area (TPSA) is 80.1 Å². The van der Waals surface area contributed by atoms with Gasteiger partial charge in [0.15, 0.2) is 0 Å². The zero-order valence-corrected chi connectivity index (χ0v) is 18.0. The van der Waals surface area contributed by atoms with E-state index < -0.39 is 0 Å². The summed E-state index contributed by atoms with van der Waals surface area (Å²) in [5, 5.41) is 17.0. The van der Waals surface area contributed by atoms with Gasteiger partial charge in [0.25, 0.3) is 0 Å². The van der Waals surface area contributed by atoms with Crippen LogP contribution in [0.4, 0.5) is 11.8 Å². The number of benzene rings is 2. The van der Waals surface area contributed by atoms with Crippen LogP contribution in [0.2, 0.25) is 0 Å². The van der Waals surface area contributed by atoms with Gasteiger partial charge >= 0.3 is 0 Å². The van der Waals surface area contributed by atoms with Crippen LogP contribution in [-0.2, 0) is 6.42 Å². The summed E-state index contributed by atoms with van der Waals surface area (Å²) in [6.07, 6.45) is 0.803. The SMILES string of the molecule is CN1CCN(CCNc2nc(NCCc3cccc(C#N)c3)nc3ccccc23)CC1. The molecule has 1 aliphatic rings. The molecule has 0 spiro atoms. The van der Waals surface area contributed by atoms with Gasteiger partial charge in [0.05, 0.1) is 17.1 Å². The monoisotopic (exact) mass is 415 g/mol. The van der Waals surface area contributed by atoms with Crippen LogP contribution in [0.3, 0.4) is 0 Å². The molecular weight excluding hydrogens is 386 g/mol. The lowest BCUT2D eigenvalue weighted by atomic mass is 10.1. The second-order valence-corrected chi connectivity index (χ2v) is 7.97. The summed E-state index contributed by atoms with van der Waals surface area (Å²) in [5.74, 6) is 1.49. The Morgan fingerprint density at radius 2 is 1.81 bits per heavy atom. The summed E-state index contributed by atoms with van der Waals surface area (Å²) in [6.45, 7) is 7.04. The van der Waals surface area contributed by atoms with Crippen LogP contribution < -0.4 is 10.6 Å². The molecule has 3 aromatic rings. The van der Waals surface area contributed by atoms with E-state index in [2.05, 4.69) is 44.6 Å². The van der Waals surface area contributed by atoms with Crippen LogP contribution in [0.5, 0.6) is 0 Å². The molecule has 0 radical (unpaired) electrons. The number of anilines is 2. The zero-order valence-electron chi connectivity index (χ0n) is 18.0. The molecule has 4 rings (SSSR count). The number of nitrogens with zero attached hydrogens (tertiary/aromatic N) is 5. The maximum atomic E-state index is 9.06. The Bertz CT molecular complexity index is 1050. The van der Waals surface area contributed by atoms with Crippen LogP contribution >= 0.6 is 0 Å². The minimum atomic E-state index is 0.622. The van der Waals surface area contributed by atoms with Crippen molar-refractivity contribution < 1.29 is 0 Å². The molecule has 2 heterocycles. The molecule has 0 unspecified atom stereocenters. The van der Waals surface area contributed by atoms with Crippen molar-refractivity contribution in [2.45, 2.75) is 6.42 Å². The first-order chi connectivity index (χ1) is 15.2. The van der Waals surface area contributed by atoms with Crippen molar-refractivity contribution >= 4 is 22.7 Å². The predicted molar refractivity (Wildman–Crippen MR) is 125 cm³/mol. The van der Waals surface area contributed by atoms with Gasteiger partial charge in [0, 0.05) is 51.2 Å². The van der Waals surface area contributed by atoms with Crippen LogP contribution in [0.15, 0.2) is 48.5 Å². The third-order valence-electron chi connectivity index (χ3n) is 5.67. The van der Waals surface area contributed by atoms with Gasteiger partial charge in [-0.3, -0.25) is 4.90 Å². The van der Waals surface area contributed by atoms with Crippen LogP contribution in [0.25, 0.3) is 10.9 Å². The molecule has 0 amide bonds. The van der Waals surface area contributed by atoms with Gasteiger partial charge < -0.3 is 15.5 Å². The number of aromatic nitrogens is 2. The quantitative estimate of drug-likeness (QED) is 0.586. The van der Waals surface area contributed by atoms with E-state index in [1.54, 1.807) is 0 Å². The first kappa shape index (κ1) is 21.0. The number of likely N-dealkylation sites (N-methyl/N-ethyl adjacent to an activating group) is 1. The predicted octanol–water partition coefficient (Wildman–Crippen LogP) is 2.82. The van der Waals surface area contributed by atoms with Gasteiger partial charge in [-0.05, 0) is 43.3 Å². The van der Waals surface area contributed by atoms with Gasteiger partial charge in [-0.1, -0.05) is 24.3 Å². The van der Waals surface area contributed by atoms with Gasteiger partial charge in [0.1, 0.15) is 5.82 Å². The van der Waals surface area contributed by atoms with E-state index in [1.807, 2.05) is 42.5 Å². The van der Waals surface area contributed by atoms with Gasteiger partial charge in [0.2, 0.25) is 5.95 Å². The van der Waals surface area contributed by atoms with Crippen molar-refractivity contribution in [3.05, 3.63) is 59.7 Å². The highest BCUT2D eigenvalue weighted by Crippen LogP contribution is 2.21. The molecule has 2 aromatic carbocycles. The van der Waals surface area contributed by atoms with Gasteiger partial charge in [-0.25, -0.2) is 4.98 Å². The number of para-hydroxylation sites is 1.